The lowest BCUT2D eigenvalue weighted by Crippen LogP contribution is -1.86. The van der Waals surface area contributed by atoms with E-state index in [0.29, 0.717) is 10.1 Å². The van der Waals surface area contributed by atoms with E-state index in [9.17, 15) is 4.39 Å². The molecule has 0 atom stereocenters. The normalized spacial score (nSPS) is 10.2. The number of halogens is 1. The predicted octanol–water partition coefficient (Wildman–Crippen LogP) is 1.32. The highest BCUT2D eigenvalue weighted by Crippen LogP contribution is 2.24. The van der Waals surface area contributed by atoms with Gasteiger partial charge < -0.3 is 5.73 Å². The number of hydrogen-bond acceptors (Lipinski definition) is 5. The molecule has 0 amide bonds. The number of hydrogen-bond donors (Lipinski definition) is 1. The van der Waals surface area contributed by atoms with Crippen LogP contribution in [0.1, 0.15) is 0 Å². The second-order valence-electron chi connectivity index (χ2n) is 2.28. The summed E-state index contributed by atoms with van der Waals surface area (Å²) in [6.07, 6.45) is 1.50. The van der Waals surface area contributed by atoms with Gasteiger partial charge in [0, 0.05) is 6.20 Å². The number of anilines is 1. The van der Waals surface area contributed by atoms with Gasteiger partial charge in [-0.2, -0.15) is 0 Å². The Kier molecular flexibility index (Phi) is 1.90. The number of pyridine rings is 1. The lowest BCUT2D eigenvalue weighted by molar-refractivity contribution is 0.625. The van der Waals surface area contributed by atoms with Crippen LogP contribution in [0.25, 0.3) is 10.7 Å². The molecule has 2 rings (SSSR count). The van der Waals surface area contributed by atoms with Crippen molar-refractivity contribution < 1.29 is 4.39 Å². The third kappa shape index (κ3) is 1.48. The number of nitrogen functional groups attached to an aromatic ring is 1. The highest BCUT2D eigenvalue weighted by Gasteiger charge is 2.10. The van der Waals surface area contributed by atoms with Crippen molar-refractivity contribution in [2.45, 2.75) is 0 Å². The van der Waals surface area contributed by atoms with Crippen molar-refractivity contribution in [3.05, 3.63) is 24.1 Å². The molecule has 0 radical (unpaired) electrons. The lowest BCUT2D eigenvalue weighted by atomic mass is 10.3. The molecule has 0 saturated carbocycles. The van der Waals surface area contributed by atoms with Gasteiger partial charge in [0.25, 0.3) is 0 Å². The number of nitrogens with two attached hydrogens (primary N) is 1. The summed E-state index contributed by atoms with van der Waals surface area (Å²) >= 11 is 1.11. The SMILES string of the molecule is Nc1nnc(-c2ncccc2F)s1. The minimum absolute atomic E-state index is 0.191. The van der Waals surface area contributed by atoms with Crippen LogP contribution in [0.4, 0.5) is 9.52 Å². The Morgan fingerprint density at radius 1 is 1.38 bits per heavy atom. The van der Waals surface area contributed by atoms with E-state index in [4.69, 9.17) is 5.73 Å². The van der Waals surface area contributed by atoms with Crippen molar-refractivity contribution in [3.8, 4) is 10.7 Å². The van der Waals surface area contributed by atoms with Crippen LogP contribution >= 0.6 is 11.3 Å². The summed E-state index contributed by atoms with van der Waals surface area (Å²) < 4.78 is 13.1. The first kappa shape index (κ1) is 8.06. The molecule has 66 valence electrons. The fraction of sp³-hybridized carbons (Fsp3) is 0. The van der Waals surface area contributed by atoms with E-state index in [2.05, 4.69) is 15.2 Å². The summed E-state index contributed by atoms with van der Waals surface area (Å²) in [4.78, 5) is 3.84. The minimum atomic E-state index is -0.418. The predicted molar refractivity (Wildman–Crippen MR) is 47.5 cm³/mol. The first-order valence-electron chi connectivity index (χ1n) is 3.47. The molecule has 2 N–H and O–H groups in total. The van der Waals surface area contributed by atoms with Crippen LogP contribution in [-0.2, 0) is 0 Å². The molecule has 2 heterocycles. The number of nitrogens with zero attached hydrogens (tertiary/aromatic N) is 3. The summed E-state index contributed by atoms with van der Waals surface area (Å²) in [5.74, 6) is -0.418. The van der Waals surface area contributed by atoms with E-state index >= 15 is 0 Å². The van der Waals surface area contributed by atoms with Crippen LogP contribution in [0.15, 0.2) is 18.3 Å². The molecule has 0 unspecified atom stereocenters. The van der Waals surface area contributed by atoms with Crippen molar-refractivity contribution in [2.24, 2.45) is 0 Å². The van der Waals surface area contributed by atoms with E-state index in [-0.39, 0.29) is 5.69 Å². The highest BCUT2D eigenvalue weighted by atomic mass is 32.1. The molecular formula is C7H5FN4S. The minimum Gasteiger partial charge on any atom is -0.374 e. The van der Waals surface area contributed by atoms with Crippen LogP contribution in [0.3, 0.4) is 0 Å². The van der Waals surface area contributed by atoms with Gasteiger partial charge in [-0.15, -0.1) is 10.2 Å². The Balaban J connectivity index is 2.52. The Labute approximate surface area is 77.3 Å². The maximum Gasteiger partial charge on any atom is 0.203 e. The fourth-order valence-corrected chi connectivity index (χ4v) is 1.48. The average Bonchev–Trinajstić information content (AvgIpc) is 2.53. The number of rotatable bonds is 1. The van der Waals surface area contributed by atoms with E-state index < -0.39 is 5.82 Å². The topological polar surface area (TPSA) is 64.7 Å². The first-order valence-corrected chi connectivity index (χ1v) is 4.29. The molecule has 0 fully saturated rings. The average molecular weight is 196 g/mol. The lowest BCUT2D eigenvalue weighted by Gasteiger charge is -1.93. The molecule has 0 saturated heterocycles. The summed E-state index contributed by atoms with van der Waals surface area (Å²) in [5, 5.41) is 7.97. The van der Waals surface area contributed by atoms with Gasteiger partial charge in [-0.1, -0.05) is 11.3 Å². The standard InChI is InChI=1S/C7H5FN4S/c8-4-2-1-3-10-5(4)6-11-12-7(9)13-6/h1-3H,(H2,9,12). The van der Waals surface area contributed by atoms with Crippen LogP contribution in [0, 0.1) is 5.82 Å². The van der Waals surface area contributed by atoms with E-state index in [1.807, 2.05) is 0 Å². The third-order valence-electron chi connectivity index (χ3n) is 1.40. The second kappa shape index (κ2) is 3.06. The van der Waals surface area contributed by atoms with Crippen LogP contribution in [0.5, 0.6) is 0 Å². The highest BCUT2D eigenvalue weighted by molar-refractivity contribution is 7.18. The molecule has 0 aliphatic carbocycles. The monoisotopic (exact) mass is 196 g/mol. The van der Waals surface area contributed by atoms with Crippen molar-refractivity contribution >= 4 is 16.5 Å². The van der Waals surface area contributed by atoms with Gasteiger partial charge in [0.2, 0.25) is 5.13 Å². The summed E-state index contributed by atoms with van der Waals surface area (Å²) in [5.41, 5.74) is 5.55. The first-order chi connectivity index (χ1) is 6.27. The zero-order valence-corrected chi connectivity index (χ0v) is 7.25. The third-order valence-corrected chi connectivity index (χ3v) is 2.16. The van der Waals surface area contributed by atoms with Gasteiger partial charge >= 0.3 is 0 Å². The molecule has 13 heavy (non-hydrogen) atoms. The van der Waals surface area contributed by atoms with Crippen molar-refractivity contribution in [3.63, 3.8) is 0 Å². The smallest absolute Gasteiger partial charge is 0.203 e. The van der Waals surface area contributed by atoms with Gasteiger partial charge in [0.15, 0.2) is 10.8 Å². The number of aromatic nitrogens is 3. The van der Waals surface area contributed by atoms with Crippen LogP contribution in [0.2, 0.25) is 0 Å². The molecular weight excluding hydrogens is 191 g/mol. The molecule has 0 aromatic carbocycles. The molecule has 0 bridgehead atoms. The molecule has 0 aliphatic rings. The van der Waals surface area contributed by atoms with E-state index in [1.165, 1.54) is 18.3 Å². The van der Waals surface area contributed by atoms with E-state index in [1.54, 1.807) is 0 Å². The zero-order chi connectivity index (χ0) is 9.26. The fourth-order valence-electron chi connectivity index (χ4n) is 0.873. The molecule has 0 aliphatic heterocycles. The van der Waals surface area contributed by atoms with Crippen molar-refractivity contribution in [1.29, 1.82) is 0 Å². The quantitative estimate of drug-likeness (QED) is 0.747. The summed E-state index contributed by atoms with van der Waals surface area (Å²) in [6, 6.07) is 2.84. The maximum absolute atomic E-state index is 13.1. The van der Waals surface area contributed by atoms with Gasteiger partial charge in [-0.3, -0.25) is 4.98 Å². The van der Waals surface area contributed by atoms with Crippen molar-refractivity contribution in [2.75, 3.05) is 5.73 Å². The Morgan fingerprint density at radius 3 is 2.85 bits per heavy atom. The second-order valence-corrected chi connectivity index (χ2v) is 3.29. The summed E-state index contributed by atoms with van der Waals surface area (Å²) in [7, 11) is 0. The molecule has 6 heteroatoms. The van der Waals surface area contributed by atoms with E-state index in [0.717, 1.165) is 11.3 Å². The van der Waals surface area contributed by atoms with Crippen LogP contribution in [-0.4, -0.2) is 15.2 Å². The molecule has 2 aromatic heterocycles. The Bertz CT molecular complexity index is 428. The maximum atomic E-state index is 13.1. The molecule has 2 aromatic rings. The Hall–Kier alpha value is -1.56. The Morgan fingerprint density at radius 2 is 2.23 bits per heavy atom. The van der Waals surface area contributed by atoms with Gasteiger partial charge in [0.05, 0.1) is 0 Å². The molecule has 4 nitrogen and oxygen atoms in total. The van der Waals surface area contributed by atoms with Crippen LogP contribution < -0.4 is 5.73 Å². The molecule has 0 spiro atoms. The van der Waals surface area contributed by atoms with Gasteiger partial charge in [-0.05, 0) is 12.1 Å². The largest absolute Gasteiger partial charge is 0.374 e. The van der Waals surface area contributed by atoms with Gasteiger partial charge in [0.1, 0.15) is 5.69 Å². The zero-order valence-electron chi connectivity index (χ0n) is 6.44. The van der Waals surface area contributed by atoms with Gasteiger partial charge in [-0.25, -0.2) is 4.39 Å². The van der Waals surface area contributed by atoms with Crippen molar-refractivity contribution in [1.82, 2.24) is 15.2 Å². The summed E-state index contributed by atoms with van der Waals surface area (Å²) in [6.45, 7) is 0.